The van der Waals surface area contributed by atoms with Gasteiger partial charge in [-0.3, -0.25) is 4.55 Å². The second-order valence-electron chi connectivity index (χ2n) is 9.19. The lowest BCUT2D eigenvalue weighted by molar-refractivity contribution is 0.0697. The summed E-state index contributed by atoms with van der Waals surface area (Å²) in [5, 5.41) is 55.6. The summed E-state index contributed by atoms with van der Waals surface area (Å²) >= 11 is 0. The first kappa shape index (κ1) is 31.8. The molecule has 0 heterocycles. The van der Waals surface area contributed by atoms with Crippen LogP contribution in [0.2, 0.25) is 0 Å². The molecule has 4 aromatic rings. The van der Waals surface area contributed by atoms with E-state index in [9.17, 15) is 38.2 Å². The number of ether oxygens (including phenoxy) is 2. The summed E-state index contributed by atoms with van der Waals surface area (Å²) in [6, 6.07) is 12.5. The van der Waals surface area contributed by atoms with Crippen LogP contribution in [0, 0.1) is 6.92 Å². The SMILES string of the molecule is Cc1ccc(N=Nc2cc(OCCO)c(N=Nc3c(S(=O)(=O)O)cc4ccc(N)cc4c3O)cc2OCCO)c(C(=O)O)c1. The highest BCUT2D eigenvalue weighted by molar-refractivity contribution is 7.86. The van der Waals surface area contributed by atoms with Gasteiger partial charge in [0.15, 0.2) is 5.75 Å². The maximum atomic E-state index is 12.2. The molecule has 0 aliphatic carbocycles. The third-order valence-electron chi connectivity index (χ3n) is 6.00. The first-order chi connectivity index (χ1) is 20.9. The number of hydrogen-bond donors (Lipinski definition) is 6. The van der Waals surface area contributed by atoms with E-state index in [-0.39, 0.29) is 70.4 Å². The van der Waals surface area contributed by atoms with E-state index in [1.165, 1.54) is 42.5 Å². The number of carbonyl (C=O) groups is 1. The molecule has 0 radical (unpaired) electrons. The van der Waals surface area contributed by atoms with Crippen LogP contribution in [0.1, 0.15) is 15.9 Å². The molecule has 0 unspecified atom stereocenters. The van der Waals surface area contributed by atoms with Gasteiger partial charge in [0.05, 0.1) is 18.8 Å². The molecule has 16 heteroatoms. The molecule has 230 valence electrons. The first-order valence-corrected chi connectivity index (χ1v) is 14.2. The summed E-state index contributed by atoms with van der Waals surface area (Å²) < 4.78 is 45.4. The number of aromatic carboxylic acids is 1. The highest BCUT2D eigenvalue weighted by Gasteiger charge is 2.23. The number of carboxylic acids is 1. The number of aliphatic hydroxyl groups excluding tert-OH is 2. The number of fused-ring (bicyclic) bond motifs is 1. The molecular weight excluding hydrogens is 598 g/mol. The van der Waals surface area contributed by atoms with Crippen molar-refractivity contribution in [1.82, 2.24) is 0 Å². The number of azo groups is 2. The summed E-state index contributed by atoms with van der Waals surface area (Å²) in [6.07, 6.45) is 0. The maximum absolute atomic E-state index is 12.2. The zero-order valence-electron chi connectivity index (χ0n) is 23.1. The van der Waals surface area contributed by atoms with E-state index in [1.807, 2.05) is 0 Å². The van der Waals surface area contributed by atoms with Crippen molar-refractivity contribution in [3.63, 3.8) is 0 Å². The van der Waals surface area contributed by atoms with Crippen molar-refractivity contribution in [1.29, 1.82) is 0 Å². The van der Waals surface area contributed by atoms with Crippen LogP contribution in [-0.4, -0.2) is 65.8 Å². The smallest absolute Gasteiger partial charge is 0.337 e. The van der Waals surface area contributed by atoms with Gasteiger partial charge in [-0.25, -0.2) is 4.79 Å². The Morgan fingerprint density at radius 1 is 0.841 bits per heavy atom. The fourth-order valence-electron chi connectivity index (χ4n) is 4.01. The normalized spacial score (nSPS) is 11.9. The van der Waals surface area contributed by atoms with E-state index < -0.39 is 39.0 Å². The van der Waals surface area contributed by atoms with E-state index in [0.717, 1.165) is 6.07 Å². The van der Waals surface area contributed by atoms with Gasteiger partial charge in [-0.05, 0) is 42.6 Å². The van der Waals surface area contributed by atoms with E-state index in [0.29, 0.717) is 5.56 Å². The van der Waals surface area contributed by atoms with Crippen LogP contribution < -0.4 is 15.2 Å². The third-order valence-corrected chi connectivity index (χ3v) is 6.87. The number of hydrogen-bond acceptors (Lipinski definition) is 13. The van der Waals surface area contributed by atoms with Crippen molar-refractivity contribution < 1.29 is 47.7 Å². The second-order valence-corrected chi connectivity index (χ2v) is 10.6. The van der Waals surface area contributed by atoms with Crippen LogP contribution in [0.15, 0.2) is 79.9 Å². The monoisotopic (exact) mass is 625 g/mol. The Hall–Kier alpha value is -5.16. The van der Waals surface area contributed by atoms with E-state index in [4.69, 9.17) is 15.2 Å². The lowest BCUT2D eigenvalue weighted by Gasteiger charge is -2.13. The van der Waals surface area contributed by atoms with Gasteiger partial charge in [-0.15, -0.1) is 20.5 Å². The number of rotatable bonds is 12. The first-order valence-electron chi connectivity index (χ1n) is 12.8. The average Bonchev–Trinajstić information content (AvgIpc) is 2.98. The van der Waals surface area contributed by atoms with E-state index >= 15 is 0 Å². The quantitative estimate of drug-likeness (QED) is 0.0698. The Bertz CT molecular complexity index is 1890. The van der Waals surface area contributed by atoms with Crippen molar-refractivity contribution in [2.45, 2.75) is 11.8 Å². The Kier molecular flexibility index (Phi) is 9.70. The Morgan fingerprint density at radius 2 is 1.43 bits per heavy atom. The fraction of sp³-hybridized carbons (Fsp3) is 0.179. The Balaban J connectivity index is 1.87. The van der Waals surface area contributed by atoms with Crippen LogP contribution in [-0.2, 0) is 10.1 Å². The third kappa shape index (κ3) is 7.24. The second kappa shape index (κ2) is 13.4. The topological polar surface area (TPSA) is 246 Å². The molecule has 0 spiro atoms. The lowest BCUT2D eigenvalue weighted by Crippen LogP contribution is -2.04. The molecule has 0 saturated carbocycles. The zero-order valence-corrected chi connectivity index (χ0v) is 23.9. The minimum Gasteiger partial charge on any atom is -0.505 e. The predicted octanol–water partition coefficient (Wildman–Crippen LogP) is 4.95. The largest absolute Gasteiger partial charge is 0.505 e. The standard InChI is InChI=1S/C28H27N5O10S/c1-15-2-5-20(19(10-15)28(37)38)30-31-21-13-24(43-9-7-35)22(14-23(21)42-8-6-34)32-33-26-25(44(39,40)41)11-16-3-4-17(29)12-18(16)27(26)36/h2-5,10-14,34-36H,6-9,29H2,1H3,(H,37,38)(H,39,40,41). The van der Waals surface area contributed by atoms with Gasteiger partial charge >= 0.3 is 5.97 Å². The molecule has 4 aromatic carbocycles. The van der Waals surface area contributed by atoms with Gasteiger partial charge in [-0.2, -0.15) is 8.42 Å². The molecule has 7 N–H and O–H groups in total. The summed E-state index contributed by atoms with van der Waals surface area (Å²) in [5.74, 6) is -1.90. The number of benzene rings is 4. The molecule has 0 aliphatic heterocycles. The van der Waals surface area contributed by atoms with Gasteiger partial charge in [-0.1, -0.05) is 17.7 Å². The molecule has 0 amide bonds. The Morgan fingerprint density at radius 3 is 2.00 bits per heavy atom. The van der Waals surface area contributed by atoms with Gasteiger partial charge in [0.25, 0.3) is 10.1 Å². The van der Waals surface area contributed by atoms with Crippen molar-refractivity contribution >= 4 is 55.3 Å². The summed E-state index contributed by atoms with van der Waals surface area (Å²) in [6.45, 7) is 0.525. The number of nitrogen functional groups attached to an aromatic ring is 1. The zero-order chi connectivity index (χ0) is 32.0. The highest BCUT2D eigenvalue weighted by atomic mass is 32.2. The number of aryl methyl sites for hydroxylation is 1. The molecule has 0 aliphatic rings. The number of nitrogens with zero attached hydrogens (tertiary/aromatic N) is 4. The van der Waals surface area contributed by atoms with Crippen molar-refractivity contribution in [3.05, 3.63) is 65.7 Å². The molecule has 0 aromatic heterocycles. The molecule has 0 fully saturated rings. The number of aliphatic hydroxyl groups is 2. The van der Waals surface area contributed by atoms with Crippen molar-refractivity contribution in [2.75, 3.05) is 32.2 Å². The van der Waals surface area contributed by atoms with Gasteiger partial charge in [0.1, 0.15) is 52.4 Å². The van der Waals surface area contributed by atoms with Crippen LogP contribution in [0.3, 0.4) is 0 Å². The molecule has 0 atom stereocenters. The van der Waals surface area contributed by atoms with Crippen LogP contribution in [0.4, 0.5) is 28.4 Å². The van der Waals surface area contributed by atoms with Crippen molar-refractivity contribution in [2.24, 2.45) is 20.5 Å². The highest BCUT2D eigenvalue weighted by Crippen LogP contribution is 2.45. The molecule has 0 bridgehead atoms. The number of phenols is 1. The maximum Gasteiger partial charge on any atom is 0.337 e. The average molecular weight is 626 g/mol. The Labute approximate surface area is 250 Å². The van der Waals surface area contributed by atoms with Gasteiger partial charge < -0.3 is 35.6 Å². The lowest BCUT2D eigenvalue weighted by atomic mass is 10.1. The fourth-order valence-corrected chi connectivity index (χ4v) is 4.67. The van der Waals surface area contributed by atoms with Gasteiger partial charge in [0, 0.05) is 23.2 Å². The van der Waals surface area contributed by atoms with E-state index in [2.05, 4.69) is 20.5 Å². The molecule has 44 heavy (non-hydrogen) atoms. The number of carboxylic acid groups (broad SMARTS) is 1. The molecule has 0 saturated heterocycles. The van der Waals surface area contributed by atoms with Crippen LogP contribution in [0.5, 0.6) is 17.2 Å². The van der Waals surface area contributed by atoms with Gasteiger partial charge in [0.2, 0.25) is 0 Å². The minimum atomic E-state index is -4.89. The minimum absolute atomic E-state index is 0.0115. The van der Waals surface area contributed by atoms with Crippen LogP contribution >= 0.6 is 0 Å². The van der Waals surface area contributed by atoms with Crippen molar-refractivity contribution in [3.8, 4) is 17.2 Å². The summed E-state index contributed by atoms with van der Waals surface area (Å²) in [5.41, 5.74) is 6.05. The number of aromatic hydroxyl groups is 1. The number of phenolic OH excluding ortho intramolecular Hbond substituents is 1. The summed E-state index contributed by atoms with van der Waals surface area (Å²) in [7, 11) is -4.89. The molecular formula is C28H27N5O10S. The molecule has 4 rings (SSSR count). The van der Waals surface area contributed by atoms with E-state index in [1.54, 1.807) is 13.0 Å². The predicted molar refractivity (Wildman–Crippen MR) is 158 cm³/mol. The molecule has 15 nitrogen and oxygen atoms in total. The number of nitrogens with two attached hydrogens (primary N) is 1. The van der Waals surface area contributed by atoms with Crippen LogP contribution in [0.25, 0.3) is 10.8 Å². The summed E-state index contributed by atoms with van der Waals surface area (Å²) in [4.78, 5) is 11.0. The number of anilines is 1.